The van der Waals surface area contributed by atoms with Crippen LogP contribution in [0.5, 0.6) is 0 Å². The minimum atomic E-state index is -0.456. The Kier molecular flexibility index (Phi) is 6.65. The number of benzene rings is 2. The Morgan fingerprint density at radius 2 is 1.72 bits per heavy atom. The summed E-state index contributed by atoms with van der Waals surface area (Å²) < 4.78 is 12.9. The van der Waals surface area contributed by atoms with Crippen LogP contribution in [0.25, 0.3) is 0 Å². The van der Waals surface area contributed by atoms with Gasteiger partial charge in [-0.1, -0.05) is 30.3 Å². The molecule has 0 spiro atoms. The third-order valence-corrected chi connectivity index (χ3v) is 3.87. The minimum Gasteiger partial charge on any atom is -0.351 e. The molecule has 25 heavy (non-hydrogen) atoms. The van der Waals surface area contributed by atoms with E-state index in [9.17, 15) is 14.0 Å². The molecule has 0 aliphatic carbocycles. The van der Waals surface area contributed by atoms with Crippen molar-refractivity contribution in [3.8, 4) is 0 Å². The van der Waals surface area contributed by atoms with E-state index in [0.717, 1.165) is 5.56 Å². The second-order valence-electron chi connectivity index (χ2n) is 5.85. The molecule has 0 aliphatic rings. The van der Waals surface area contributed by atoms with Gasteiger partial charge in [0.05, 0.1) is 12.6 Å². The zero-order chi connectivity index (χ0) is 18.2. The third kappa shape index (κ3) is 6.00. The van der Waals surface area contributed by atoms with E-state index in [4.69, 9.17) is 0 Å². The molecule has 0 radical (unpaired) electrons. The number of amides is 2. The summed E-state index contributed by atoms with van der Waals surface area (Å²) in [5.41, 5.74) is 1.53. The lowest BCUT2D eigenvalue weighted by Crippen LogP contribution is -2.45. The average Bonchev–Trinajstić information content (AvgIpc) is 2.61. The van der Waals surface area contributed by atoms with Crippen LogP contribution in [0.3, 0.4) is 0 Å². The van der Waals surface area contributed by atoms with Crippen LogP contribution in [0.15, 0.2) is 54.6 Å². The Hall–Kier alpha value is -2.73. The highest BCUT2D eigenvalue weighted by Crippen LogP contribution is 2.08. The first-order chi connectivity index (χ1) is 12.0. The molecule has 0 saturated carbocycles. The molecular weight excluding hydrogens is 321 g/mol. The van der Waals surface area contributed by atoms with E-state index in [1.807, 2.05) is 30.3 Å². The summed E-state index contributed by atoms with van der Waals surface area (Å²) in [6.07, 6.45) is 0. The second kappa shape index (κ2) is 8.94. The van der Waals surface area contributed by atoms with Crippen LogP contribution in [-0.4, -0.2) is 36.3 Å². The summed E-state index contributed by atoms with van der Waals surface area (Å²) >= 11 is 0. The van der Waals surface area contributed by atoms with Crippen LogP contribution < -0.4 is 10.6 Å². The van der Waals surface area contributed by atoms with Crippen molar-refractivity contribution < 1.29 is 14.0 Å². The van der Waals surface area contributed by atoms with Gasteiger partial charge in [-0.25, -0.2) is 4.39 Å². The lowest BCUT2D eigenvalue weighted by molar-refractivity contribution is -0.126. The van der Waals surface area contributed by atoms with Crippen molar-refractivity contribution in [3.05, 3.63) is 66.0 Å². The van der Waals surface area contributed by atoms with Crippen LogP contribution in [0, 0.1) is 5.82 Å². The van der Waals surface area contributed by atoms with Crippen molar-refractivity contribution in [2.24, 2.45) is 0 Å². The average molecular weight is 343 g/mol. The van der Waals surface area contributed by atoms with Gasteiger partial charge in [-0.3, -0.25) is 14.5 Å². The standard InChI is InChI=1S/C19H22FN3O2/c1-14(19(25)21-12-15-6-4-3-5-7-15)23(2)13-18(24)22-17-10-8-16(20)9-11-17/h3-11,14H,12-13H2,1-2H3,(H,21,25)(H,22,24)/t14-/m1/s1. The normalized spacial score (nSPS) is 11.8. The highest BCUT2D eigenvalue weighted by molar-refractivity contribution is 5.92. The Morgan fingerprint density at radius 3 is 2.36 bits per heavy atom. The Labute approximate surface area is 146 Å². The maximum absolute atomic E-state index is 12.9. The number of rotatable bonds is 7. The van der Waals surface area contributed by atoms with Gasteiger partial charge in [-0.05, 0) is 43.8 Å². The van der Waals surface area contributed by atoms with Crippen LogP contribution >= 0.6 is 0 Å². The Bertz CT molecular complexity index is 704. The fourth-order valence-corrected chi connectivity index (χ4v) is 2.23. The third-order valence-electron chi connectivity index (χ3n) is 3.87. The quantitative estimate of drug-likeness (QED) is 0.811. The number of hydrogen-bond donors (Lipinski definition) is 2. The highest BCUT2D eigenvalue weighted by atomic mass is 19.1. The van der Waals surface area contributed by atoms with Crippen LogP contribution in [0.1, 0.15) is 12.5 Å². The molecule has 0 saturated heterocycles. The molecule has 0 heterocycles. The van der Waals surface area contributed by atoms with Crippen molar-refractivity contribution in [1.29, 1.82) is 0 Å². The van der Waals surface area contributed by atoms with E-state index in [0.29, 0.717) is 12.2 Å². The molecule has 0 unspecified atom stereocenters. The molecule has 5 nitrogen and oxygen atoms in total. The van der Waals surface area contributed by atoms with Crippen LogP contribution in [0.4, 0.5) is 10.1 Å². The molecule has 0 fully saturated rings. The van der Waals surface area contributed by atoms with Gasteiger partial charge in [-0.2, -0.15) is 0 Å². The van der Waals surface area contributed by atoms with Gasteiger partial charge in [0.15, 0.2) is 0 Å². The number of nitrogens with zero attached hydrogens (tertiary/aromatic N) is 1. The number of nitrogens with one attached hydrogen (secondary N) is 2. The molecule has 0 aromatic heterocycles. The molecule has 2 aromatic rings. The summed E-state index contributed by atoms with van der Waals surface area (Å²) in [7, 11) is 1.71. The predicted octanol–water partition coefficient (Wildman–Crippen LogP) is 2.40. The van der Waals surface area contributed by atoms with E-state index in [1.165, 1.54) is 24.3 Å². The molecule has 2 amide bonds. The molecule has 2 N–H and O–H groups in total. The fourth-order valence-electron chi connectivity index (χ4n) is 2.23. The van der Waals surface area contributed by atoms with Crippen molar-refractivity contribution in [3.63, 3.8) is 0 Å². The topological polar surface area (TPSA) is 61.4 Å². The van der Waals surface area contributed by atoms with Crippen molar-refractivity contribution in [1.82, 2.24) is 10.2 Å². The lowest BCUT2D eigenvalue weighted by Gasteiger charge is -2.23. The molecule has 6 heteroatoms. The summed E-state index contributed by atoms with van der Waals surface area (Å²) in [6.45, 7) is 2.24. The van der Waals surface area contributed by atoms with Gasteiger partial charge in [0, 0.05) is 12.2 Å². The molecule has 0 bridgehead atoms. The molecule has 0 aliphatic heterocycles. The number of hydrogen-bond acceptors (Lipinski definition) is 3. The van der Waals surface area contributed by atoms with E-state index < -0.39 is 6.04 Å². The Balaban J connectivity index is 1.80. The molecule has 2 rings (SSSR count). The lowest BCUT2D eigenvalue weighted by atomic mass is 10.2. The maximum Gasteiger partial charge on any atom is 0.238 e. The van der Waals surface area contributed by atoms with E-state index >= 15 is 0 Å². The zero-order valence-corrected chi connectivity index (χ0v) is 14.3. The van der Waals surface area contributed by atoms with Gasteiger partial charge in [-0.15, -0.1) is 0 Å². The summed E-state index contributed by atoms with van der Waals surface area (Å²) in [6, 6.07) is 14.7. The first-order valence-electron chi connectivity index (χ1n) is 8.03. The van der Waals surface area contributed by atoms with Crippen LogP contribution in [0.2, 0.25) is 0 Å². The van der Waals surface area contributed by atoms with Crippen molar-refractivity contribution in [2.45, 2.75) is 19.5 Å². The largest absolute Gasteiger partial charge is 0.351 e. The van der Waals surface area contributed by atoms with E-state index in [2.05, 4.69) is 10.6 Å². The molecular formula is C19H22FN3O2. The number of carbonyl (C=O) groups is 2. The summed E-state index contributed by atoms with van der Waals surface area (Å²) in [5.74, 6) is -0.781. The van der Waals surface area contributed by atoms with E-state index in [1.54, 1.807) is 18.9 Å². The van der Waals surface area contributed by atoms with Gasteiger partial charge in [0.1, 0.15) is 5.82 Å². The van der Waals surface area contributed by atoms with Crippen molar-refractivity contribution in [2.75, 3.05) is 18.9 Å². The highest BCUT2D eigenvalue weighted by Gasteiger charge is 2.19. The van der Waals surface area contributed by atoms with Gasteiger partial charge >= 0.3 is 0 Å². The number of carbonyl (C=O) groups excluding carboxylic acids is 2. The monoisotopic (exact) mass is 343 g/mol. The fraction of sp³-hybridized carbons (Fsp3) is 0.263. The SMILES string of the molecule is C[C@H](C(=O)NCc1ccccc1)N(C)CC(=O)Nc1ccc(F)cc1. The Morgan fingerprint density at radius 1 is 1.08 bits per heavy atom. The predicted molar refractivity (Wildman–Crippen MR) is 95.4 cm³/mol. The van der Waals surface area contributed by atoms with Gasteiger partial charge in [0.25, 0.3) is 0 Å². The summed E-state index contributed by atoms with van der Waals surface area (Å²) in [5, 5.41) is 5.53. The van der Waals surface area contributed by atoms with Crippen molar-refractivity contribution >= 4 is 17.5 Å². The molecule has 132 valence electrons. The number of likely N-dealkylation sites (N-methyl/N-ethyl adjacent to an activating group) is 1. The molecule has 2 aromatic carbocycles. The van der Waals surface area contributed by atoms with Crippen LogP contribution in [-0.2, 0) is 16.1 Å². The zero-order valence-electron chi connectivity index (χ0n) is 14.3. The first kappa shape index (κ1) is 18.6. The van der Waals surface area contributed by atoms with Gasteiger partial charge in [0.2, 0.25) is 11.8 Å². The van der Waals surface area contributed by atoms with E-state index in [-0.39, 0.29) is 24.2 Å². The molecule has 1 atom stereocenters. The number of halogens is 1. The second-order valence-corrected chi connectivity index (χ2v) is 5.85. The summed E-state index contributed by atoms with van der Waals surface area (Å²) in [4.78, 5) is 25.9. The number of anilines is 1. The minimum absolute atomic E-state index is 0.0529. The first-order valence-corrected chi connectivity index (χ1v) is 8.03. The maximum atomic E-state index is 12.9. The van der Waals surface area contributed by atoms with Gasteiger partial charge < -0.3 is 10.6 Å². The smallest absolute Gasteiger partial charge is 0.238 e.